The molecular weight excluding hydrogens is 278 g/mol. The summed E-state index contributed by atoms with van der Waals surface area (Å²) in [6.07, 6.45) is 1.94. The first-order chi connectivity index (χ1) is 10.7. The first-order valence-electron chi connectivity index (χ1n) is 7.46. The smallest absolute Gasteiger partial charge is 0.248 e. The molecule has 1 amide bonds. The van der Waals surface area contributed by atoms with Gasteiger partial charge in [0.05, 0.1) is 6.61 Å². The van der Waals surface area contributed by atoms with Gasteiger partial charge < -0.3 is 15.6 Å². The number of aliphatic hydroxyl groups is 1. The SMILES string of the molecule is NC(=O)c1ccccc1[C@@H]1CCc2ccc(OCCO)cc21. The van der Waals surface area contributed by atoms with Crippen LogP contribution in [0.25, 0.3) is 0 Å². The van der Waals surface area contributed by atoms with Gasteiger partial charge in [0.25, 0.3) is 0 Å². The Morgan fingerprint density at radius 2 is 2.05 bits per heavy atom. The molecule has 0 radical (unpaired) electrons. The first kappa shape index (κ1) is 14.6. The summed E-state index contributed by atoms with van der Waals surface area (Å²) in [5, 5.41) is 8.87. The van der Waals surface area contributed by atoms with Crippen molar-refractivity contribution in [2.24, 2.45) is 5.73 Å². The molecule has 3 rings (SSSR count). The van der Waals surface area contributed by atoms with Crippen molar-refractivity contribution in [3.8, 4) is 5.75 Å². The predicted octanol–water partition coefficient (Wildman–Crippen LogP) is 2.23. The van der Waals surface area contributed by atoms with Gasteiger partial charge in [-0.2, -0.15) is 0 Å². The van der Waals surface area contributed by atoms with Crippen molar-refractivity contribution < 1.29 is 14.6 Å². The first-order valence-corrected chi connectivity index (χ1v) is 7.46. The van der Waals surface area contributed by atoms with E-state index in [4.69, 9.17) is 15.6 Å². The van der Waals surface area contributed by atoms with Crippen LogP contribution < -0.4 is 10.5 Å². The minimum absolute atomic E-state index is 0.00891. The number of benzene rings is 2. The van der Waals surface area contributed by atoms with Crippen molar-refractivity contribution >= 4 is 5.91 Å². The number of hydrogen-bond acceptors (Lipinski definition) is 3. The van der Waals surface area contributed by atoms with Gasteiger partial charge >= 0.3 is 0 Å². The van der Waals surface area contributed by atoms with Gasteiger partial charge in [0, 0.05) is 11.5 Å². The molecule has 0 saturated carbocycles. The molecule has 22 heavy (non-hydrogen) atoms. The third-order valence-electron chi connectivity index (χ3n) is 4.16. The second kappa shape index (κ2) is 6.20. The molecule has 0 fully saturated rings. The molecule has 1 atom stereocenters. The van der Waals surface area contributed by atoms with Crippen molar-refractivity contribution in [1.82, 2.24) is 0 Å². The molecule has 4 heteroatoms. The fourth-order valence-electron chi connectivity index (χ4n) is 3.18. The second-order valence-corrected chi connectivity index (χ2v) is 5.48. The molecule has 1 aliphatic rings. The van der Waals surface area contributed by atoms with Gasteiger partial charge in [-0.15, -0.1) is 0 Å². The number of ether oxygens (including phenoxy) is 1. The molecule has 2 aromatic carbocycles. The number of hydrogen-bond donors (Lipinski definition) is 2. The lowest BCUT2D eigenvalue weighted by Gasteiger charge is -2.16. The molecule has 2 aromatic rings. The zero-order valence-electron chi connectivity index (χ0n) is 12.3. The van der Waals surface area contributed by atoms with E-state index in [0.29, 0.717) is 5.56 Å². The molecule has 0 spiro atoms. The molecule has 1 aliphatic carbocycles. The predicted molar refractivity (Wildman–Crippen MR) is 84.1 cm³/mol. The Balaban J connectivity index is 1.98. The summed E-state index contributed by atoms with van der Waals surface area (Å²) >= 11 is 0. The van der Waals surface area contributed by atoms with Crippen LogP contribution in [0, 0.1) is 0 Å². The van der Waals surface area contributed by atoms with Crippen molar-refractivity contribution in [1.29, 1.82) is 0 Å². The maximum Gasteiger partial charge on any atom is 0.248 e. The lowest BCUT2D eigenvalue weighted by Crippen LogP contribution is -2.15. The van der Waals surface area contributed by atoms with Crippen molar-refractivity contribution in [2.75, 3.05) is 13.2 Å². The molecule has 0 saturated heterocycles. The molecule has 0 unspecified atom stereocenters. The summed E-state index contributed by atoms with van der Waals surface area (Å²) in [4.78, 5) is 11.7. The number of aryl methyl sites for hydroxylation is 1. The Morgan fingerprint density at radius 1 is 1.23 bits per heavy atom. The Bertz CT molecular complexity index is 696. The van der Waals surface area contributed by atoms with E-state index in [0.717, 1.165) is 24.2 Å². The molecule has 0 heterocycles. The van der Waals surface area contributed by atoms with Crippen LogP contribution in [0.3, 0.4) is 0 Å². The Hall–Kier alpha value is -2.33. The fraction of sp³-hybridized carbons (Fsp3) is 0.278. The lowest BCUT2D eigenvalue weighted by atomic mass is 9.89. The summed E-state index contributed by atoms with van der Waals surface area (Å²) in [5.74, 6) is 0.518. The van der Waals surface area contributed by atoms with Crippen LogP contribution in [-0.2, 0) is 6.42 Å². The summed E-state index contributed by atoms with van der Waals surface area (Å²) in [5.41, 5.74) is 9.53. The number of fused-ring (bicyclic) bond motifs is 1. The van der Waals surface area contributed by atoms with Crippen molar-refractivity contribution in [3.05, 3.63) is 64.7 Å². The number of primary amides is 1. The van der Waals surface area contributed by atoms with Gasteiger partial charge in [-0.25, -0.2) is 0 Å². The van der Waals surface area contributed by atoms with Crippen LogP contribution in [0.2, 0.25) is 0 Å². The van der Waals surface area contributed by atoms with Gasteiger partial charge in [-0.3, -0.25) is 4.79 Å². The number of nitrogens with two attached hydrogens (primary N) is 1. The van der Waals surface area contributed by atoms with E-state index in [1.165, 1.54) is 11.1 Å². The number of aliphatic hydroxyl groups excluding tert-OH is 1. The van der Waals surface area contributed by atoms with E-state index in [9.17, 15) is 4.79 Å². The summed E-state index contributed by atoms with van der Waals surface area (Å²) < 4.78 is 5.50. The zero-order chi connectivity index (χ0) is 15.5. The average molecular weight is 297 g/mol. The second-order valence-electron chi connectivity index (χ2n) is 5.48. The highest BCUT2D eigenvalue weighted by atomic mass is 16.5. The largest absolute Gasteiger partial charge is 0.491 e. The van der Waals surface area contributed by atoms with Crippen LogP contribution in [0.15, 0.2) is 42.5 Å². The van der Waals surface area contributed by atoms with Crippen LogP contribution in [0.4, 0.5) is 0 Å². The van der Waals surface area contributed by atoms with Gasteiger partial charge in [-0.05, 0) is 47.7 Å². The van der Waals surface area contributed by atoms with Gasteiger partial charge in [0.15, 0.2) is 0 Å². The van der Waals surface area contributed by atoms with E-state index in [1.54, 1.807) is 6.07 Å². The minimum atomic E-state index is -0.392. The molecular formula is C18H19NO3. The number of rotatable bonds is 5. The highest BCUT2D eigenvalue weighted by molar-refractivity contribution is 5.94. The van der Waals surface area contributed by atoms with E-state index < -0.39 is 5.91 Å². The number of carbonyl (C=O) groups excluding carboxylic acids is 1. The molecule has 0 aromatic heterocycles. The Labute approximate surface area is 129 Å². The van der Waals surface area contributed by atoms with Gasteiger partial charge in [-0.1, -0.05) is 24.3 Å². The molecule has 114 valence electrons. The van der Waals surface area contributed by atoms with E-state index in [-0.39, 0.29) is 19.1 Å². The zero-order valence-corrected chi connectivity index (χ0v) is 12.3. The number of amides is 1. The van der Waals surface area contributed by atoms with Crippen LogP contribution >= 0.6 is 0 Å². The quantitative estimate of drug-likeness (QED) is 0.889. The van der Waals surface area contributed by atoms with E-state index >= 15 is 0 Å². The lowest BCUT2D eigenvalue weighted by molar-refractivity contribution is 0.0999. The average Bonchev–Trinajstić information content (AvgIpc) is 2.95. The van der Waals surface area contributed by atoms with Crippen LogP contribution in [-0.4, -0.2) is 24.2 Å². The minimum Gasteiger partial charge on any atom is -0.491 e. The molecule has 3 N–H and O–H groups in total. The standard InChI is InChI=1S/C18H19NO3/c19-18(21)16-4-2-1-3-14(16)15-8-6-12-5-7-13(11-17(12)15)22-10-9-20/h1-5,7,11,15,20H,6,8-10H2,(H2,19,21)/t15-/m0/s1. The van der Waals surface area contributed by atoms with Crippen LogP contribution in [0.1, 0.15) is 39.4 Å². The topological polar surface area (TPSA) is 72.6 Å². The maximum atomic E-state index is 11.7. The number of carbonyl (C=O) groups is 1. The fourth-order valence-corrected chi connectivity index (χ4v) is 3.18. The molecule has 0 bridgehead atoms. The Morgan fingerprint density at radius 3 is 2.82 bits per heavy atom. The third-order valence-corrected chi connectivity index (χ3v) is 4.16. The van der Waals surface area contributed by atoms with Crippen molar-refractivity contribution in [2.45, 2.75) is 18.8 Å². The third kappa shape index (κ3) is 2.70. The molecule has 4 nitrogen and oxygen atoms in total. The highest BCUT2D eigenvalue weighted by Gasteiger charge is 2.27. The van der Waals surface area contributed by atoms with E-state index in [1.807, 2.05) is 30.3 Å². The van der Waals surface area contributed by atoms with Crippen molar-refractivity contribution in [3.63, 3.8) is 0 Å². The maximum absolute atomic E-state index is 11.7. The highest BCUT2D eigenvalue weighted by Crippen LogP contribution is 2.40. The summed E-state index contributed by atoms with van der Waals surface area (Å²) in [6.45, 7) is 0.270. The summed E-state index contributed by atoms with van der Waals surface area (Å²) in [6, 6.07) is 13.5. The monoisotopic (exact) mass is 297 g/mol. The Kier molecular flexibility index (Phi) is 4.11. The van der Waals surface area contributed by atoms with Gasteiger partial charge in [0.1, 0.15) is 12.4 Å². The summed E-state index contributed by atoms with van der Waals surface area (Å²) in [7, 11) is 0. The van der Waals surface area contributed by atoms with E-state index in [2.05, 4.69) is 6.07 Å². The molecule has 0 aliphatic heterocycles. The van der Waals surface area contributed by atoms with Crippen LogP contribution in [0.5, 0.6) is 5.75 Å². The van der Waals surface area contributed by atoms with Gasteiger partial charge in [0.2, 0.25) is 5.91 Å². The normalized spacial score (nSPS) is 16.3.